The molecule has 6 N–H and O–H groups in total. The maximum atomic E-state index is 11.5. The number of nitrogens with zero attached hydrogens (tertiary/aromatic N) is 6. The molecule has 2 heterocycles. The van der Waals surface area contributed by atoms with Crippen LogP contribution in [0.4, 0.5) is 0 Å². The van der Waals surface area contributed by atoms with Gasteiger partial charge in [-0.2, -0.15) is 10.2 Å². The highest BCUT2D eigenvalue weighted by atomic mass is 35.5. The Labute approximate surface area is 378 Å². The van der Waals surface area contributed by atoms with Gasteiger partial charge in [0.25, 0.3) is 0 Å². The fourth-order valence-corrected chi connectivity index (χ4v) is 7.95. The fraction of sp³-hybridized carbons (Fsp3) is 0.100. The Hall–Kier alpha value is -4.71. The smallest absolute Gasteiger partial charge is 0.238 e. The summed E-state index contributed by atoms with van der Waals surface area (Å²) in [6.45, 7) is 0. The summed E-state index contributed by atoms with van der Waals surface area (Å²) in [5.41, 5.74) is 6.54. The molecule has 0 aliphatic carbocycles. The molecule has 318 valence electrons. The van der Waals surface area contributed by atoms with E-state index in [2.05, 4.69) is 10.2 Å². The van der Waals surface area contributed by atoms with Crippen LogP contribution >= 0.6 is 59.6 Å². The number of nitrogens with two attached hydrogens (primary N) is 2. The monoisotopic (exact) mass is 954 g/mol. The molecule has 0 aliphatic heterocycles. The number of halogens is 1. The lowest BCUT2D eigenvalue weighted by Gasteiger charge is -2.08. The second-order valence-electron chi connectivity index (χ2n) is 12.7. The molecule has 0 spiro atoms. The summed E-state index contributed by atoms with van der Waals surface area (Å²) >= 11 is 18.7. The molecule has 0 radical (unpaired) electrons. The van der Waals surface area contributed by atoms with E-state index in [0.29, 0.717) is 36.6 Å². The number of sulfonamides is 2. The van der Waals surface area contributed by atoms with E-state index in [0.717, 1.165) is 43.5 Å². The molecule has 0 bridgehead atoms. The fourth-order valence-electron chi connectivity index (χ4n) is 5.36. The highest BCUT2D eigenvalue weighted by Crippen LogP contribution is 2.33. The molecular formula is C40H39ClN8O6S6. The van der Waals surface area contributed by atoms with Gasteiger partial charge in [0, 0.05) is 77.7 Å². The molecule has 21 heteroatoms. The minimum Gasteiger partial charge on any atom is -0.287 e. The minimum atomic E-state index is -3.78. The Morgan fingerprint density at radius 2 is 1.00 bits per heavy atom. The second kappa shape index (κ2) is 21.4. The van der Waals surface area contributed by atoms with E-state index < -0.39 is 20.0 Å². The predicted molar refractivity (Wildman–Crippen MR) is 254 cm³/mol. The van der Waals surface area contributed by atoms with Crippen molar-refractivity contribution < 1.29 is 27.3 Å². The van der Waals surface area contributed by atoms with Crippen LogP contribution in [0.5, 0.6) is 0 Å². The molecule has 0 aliphatic rings. The van der Waals surface area contributed by atoms with Crippen LogP contribution < -0.4 is 10.3 Å². The van der Waals surface area contributed by atoms with Crippen molar-refractivity contribution in [2.24, 2.45) is 10.3 Å². The quantitative estimate of drug-likeness (QED) is 0.0679. The van der Waals surface area contributed by atoms with Gasteiger partial charge >= 0.3 is 0 Å². The number of hydrogen-bond acceptors (Lipinski definition) is 12. The first-order valence-electron chi connectivity index (χ1n) is 17.7. The van der Waals surface area contributed by atoms with Gasteiger partial charge in [-0.05, 0) is 47.5 Å². The van der Waals surface area contributed by atoms with Gasteiger partial charge in [-0.25, -0.2) is 46.6 Å². The van der Waals surface area contributed by atoms with Crippen molar-refractivity contribution in [1.82, 2.24) is 29.7 Å². The van der Waals surface area contributed by atoms with Gasteiger partial charge in [-0.15, -0.1) is 0 Å². The number of benzene rings is 4. The Kier molecular flexibility index (Phi) is 16.6. The van der Waals surface area contributed by atoms with Crippen molar-refractivity contribution in [1.29, 1.82) is 0 Å². The number of aromatic nitrogens is 4. The van der Waals surface area contributed by atoms with Crippen LogP contribution in [-0.4, -0.2) is 91.2 Å². The molecule has 61 heavy (non-hydrogen) atoms. The maximum Gasteiger partial charge on any atom is 0.238 e. The van der Waals surface area contributed by atoms with Crippen LogP contribution in [0.2, 0.25) is 5.02 Å². The van der Waals surface area contributed by atoms with Gasteiger partial charge in [0.2, 0.25) is 20.0 Å². The average Bonchev–Trinajstić information content (AvgIpc) is 3.86. The van der Waals surface area contributed by atoms with Crippen molar-refractivity contribution in [2.45, 2.75) is 9.79 Å². The topological polar surface area (TPSA) is 203 Å². The Morgan fingerprint density at radius 3 is 1.36 bits per heavy atom. The van der Waals surface area contributed by atoms with Gasteiger partial charge in [-0.1, -0.05) is 138 Å². The Bertz CT molecular complexity index is 2740. The SMILES string of the molecule is CN(O)C(=S)SCC=Cn1cc(-c2ccc(Cl)cc2)c(-c2ccc(S(N)(=O)=O)cc2)n1.CN(O)C(=S)SCC=Cn1cc(-c2ccccc2)c(-c2ccc(S(N)(=O)=O)cc2)n1. The molecular weight excluding hydrogens is 916 g/mol. The van der Waals surface area contributed by atoms with Crippen molar-refractivity contribution in [3.63, 3.8) is 0 Å². The van der Waals surface area contributed by atoms with E-state index >= 15 is 0 Å². The lowest BCUT2D eigenvalue weighted by atomic mass is 10.0. The third kappa shape index (κ3) is 13.6. The normalized spacial score (nSPS) is 11.7. The first-order valence-corrected chi connectivity index (χ1v) is 23.9. The summed E-state index contributed by atoms with van der Waals surface area (Å²) in [6, 6.07) is 29.7. The molecule has 6 rings (SSSR count). The number of rotatable bonds is 12. The van der Waals surface area contributed by atoms with Crippen LogP contribution in [-0.2, 0) is 20.0 Å². The largest absolute Gasteiger partial charge is 0.287 e. The standard InChI is InChI=1S/C20H19ClN4O3S3.C20H20N4O3S3/c1-24(26)20(29)30-12-2-11-25-13-18(14-3-7-16(21)8-4-14)19(23-25)15-5-9-17(10-6-15)31(22,27)28;1-23(25)20(28)29-13-5-12-24-14-18(15-6-3-2-4-7-15)19(22-24)16-8-10-17(11-9-16)30(21,26)27/h2-11,13,26H,12H2,1H3,(H2,22,27,28);2-12,14,25H,13H2,1H3,(H2,21,26,27). The molecule has 6 aromatic rings. The summed E-state index contributed by atoms with van der Waals surface area (Å²) < 4.78 is 50.3. The second-order valence-corrected chi connectivity index (χ2v) is 19.6. The highest BCUT2D eigenvalue weighted by Gasteiger charge is 2.16. The van der Waals surface area contributed by atoms with Crippen molar-refractivity contribution >= 4 is 101 Å². The highest BCUT2D eigenvalue weighted by molar-refractivity contribution is 8.23. The molecule has 0 unspecified atom stereocenters. The number of hydroxylamine groups is 4. The van der Waals surface area contributed by atoms with Crippen molar-refractivity contribution in [2.75, 3.05) is 25.6 Å². The molecule has 0 amide bonds. The lowest BCUT2D eigenvalue weighted by molar-refractivity contribution is 0.0203. The molecule has 14 nitrogen and oxygen atoms in total. The van der Waals surface area contributed by atoms with Gasteiger partial charge in [-0.3, -0.25) is 10.4 Å². The number of hydrogen-bond donors (Lipinski definition) is 4. The third-order valence-corrected chi connectivity index (χ3v) is 13.4. The summed E-state index contributed by atoms with van der Waals surface area (Å²) in [5, 5.41) is 40.7. The summed E-state index contributed by atoms with van der Waals surface area (Å²) in [7, 11) is -4.59. The van der Waals surface area contributed by atoms with Crippen LogP contribution in [0.25, 0.3) is 57.2 Å². The van der Waals surface area contributed by atoms with Crippen LogP contribution in [0.1, 0.15) is 0 Å². The molecule has 0 fully saturated rings. The zero-order valence-electron chi connectivity index (χ0n) is 32.4. The zero-order valence-corrected chi connectivity index (χ0v) is 38.0. The van der Waals surface area contributed by atoms with E-state index in [9.17, 15) is 27.3 Å². The molecule has 4 aromatic carbocycles. The first kappa shape index (κ1) is 47.3. The van der Waals surface area contributed by atoms with E-state index in [1.54, 1.807) is 52.0 Å². The van der Waals surface area contributed by atoms with Gasteiger partial charge in [0.15, 0.2) is 8.64 Å². The summed E-state index contributed by atoms with van der Waals surface area (Å²) in [4.78, 5) is 0.0825. The minimum absolute atomic E-state index is 0.0328. The van der Waals surface area contributed by atoms with E-state index in [1.807, 2.05) is 73.2 Å². The average molecular weight is 956 g/mol. The van der Waals surface area contributed by atoms with Gasteiger partial charge in [0.05, 0.1) is 9.79 Å². The molecule has 0 saturated heterocycles. The lowest BCUT2D eigenvalue weighted by Crippen LogP contribution is -2.17. The van der Waals surface area contributed by atoms with Gasteiger partial charge in [0.1, 0.15) is 11.4 Å². The summed E-state index contributed by atoms with van der Waals surface area (Å²) in [5.74, 6) is 1.13. The Balaban J connectivity index is 0.000000231. The van der Waals surface area contributed by atoms with E-state index in [1.165, 1.54) is 61.9 Å². The number of thiocarbonyl (C=S) groups is 2. The van der Waals surface area contributed by atoms with Crippen molar-refractivity contribution in [3.05, 3.63) is 133 Å². The predicted octanol–water partition coefficient (Wildman–Crippen LogP) is 8.00. The van der Waals surface area contributed by atoms with Crippen molar-refractivity contribution in [3.8, 4) is 44.8 Å². The van der Waals surface area contributed by atoms with Gasteiger partial charge < -0.3 is 0 Å². The molecule has 0 atom stereocenters. The molecule has 2 aromatic heterocycles. The molecule has 0 saturated carbocycles. The third-order valence-electron chi connectivity index (χ3n) is 8.27. The van der Waals surface area contributed by atoms with E-state index in [-0.39, 0.29) is 9.79 Å². The number of thioether (sulfide) groups is 2. The van der Waals surface area contributed by atoms with Crippen LogP contribution in [0.15, 0.2) is 137 Å². The maximum absolute atomic E-state index is 11.5. The number of primary sulfonamides is 2. The van der Waals surface area contributed by atoms with Crippen LogP contribution in [0.3, 0.4) is 0 Å². The van der Waals surface area contributed by atoms with Crippen LogP contribution in [0, 0.1) is 0 Å². The summed E-state index contributed by atoms with van der Waals surface area (Å²) in [6.07, 6.45) is 11.1. The zero-order chi connectivity index (χ0) is 44.3. The van der Waals surface area contributed by atoms with E-state index in [4.69, 9.17) is 46.3 Å². The first-order chi connectivity index (χ1) is 28.9. The Morgan fingerprint density at radius 1 is 0.639 bits per heavy atom.